The summed E-state index contributed by atoms with van der Waals surface area (Å²) in [5.41, 5.74) is 4.34. The third-order valence-electron chi connectivity index (χ3n) is 6.43. The Bertz CT molecular complexity index is 1550. The lowest BCUT2D eigenvalue weighted by molar-refractivity contribution is 0.391. The zero-order chi connectivity index (χ0) is 24.3. The zero-order valence-electron chi connectivity index (χ0n) is 19.7. The molecule has 5 aromatic rings. The van der Waals surface area contributed by atoms with E-state index in [-0.39, 0.29) is 6.54 Å². The molecular weight excluding hydrogens is 452 g/mol. The number of nitrogens with zero attached hydrogens (tertiary/aromatic N) is 2. The first-order valence-corrected chi connectivity index (χ1v) is 13.2. The molecule has 0 atom stereocenters. The van der Waals surface area contributed by atoms with E-state index in [9.17, 15) is 8.42 Å². The molecule has 0 saturated carbocycles. The predicted octanol–water partition coefficient (Wildman–Crippen LogP) is 6.39. The van der Waals surface area contributed by atoms with Gasteiger partial charge in [0.2, 0.25) is 10.0 Å². The fourth-order valence-electron chi connectivity index (χ4n) is 4.47. The number of hydrogen-bond acceptors (Lipinski definition) is 2. The van der Waals surface area contributed by atoms with Gasteiger partial charge in [0.05, 0.1) is 11.4 Å². The summed E-state index contributed by atoms with van der Waals surface area (Å²) in [5, 5.41) is 1.65. The highest BCUT2D eigenvalue weighted by atomic mass is 32.2. The largest absolute Gasteiger partial charge is 0.346 e. The monoisotopic (exact) mass is 480 g/mol. The van der Waals surface area contributed by atoms with Crippen LogP contribution in [0.4, 0.5) is 0 Å². The highest BCUT2D eigenvalue weighted by Crippen LogP contribution is 2.28. The third-order valence-corrected chi connectivity index (χ3v) is 8.28. The van der Waals surface area contributed by atoms with Crippen LogP contribution in [0.2, 0.25) is 0 Å². The first-order valence-electron chi connectivity index (χ1n) is 11.7. The SMILES string of the molecule is Cc1ccccc1Cn1cccc1CN(Cc1ccccc1)S(=O)(=O)c1cccc2ccccc12. The maximum absolute atomic E-state index is 14.1. The summed E-state index contributed by atoms with van der Waals surface area (Å²) in [5.74, 6) is 0. The highest BCUT2D eigenvalue weighted by Gasteiger charge is 2.27. The molecule has 1 aromatic heterocycles. The summed E-state index contributed by atoms with van der Waals surface area (Å²) in [7, 11) is -3.78. The first-order chi connectivity index (χ1) is 17.0. The Labute approximate surface area is 207 Å². The molecule has 5 heteroatoms. The molecule has 5 rings (SSSR count). The fraction of sp³-hybridized carbons (Fsp3) is 0.133. The molecule has 0 N–H and O–H groups in total. The van der Waals surface area contributed by atoms with Gasteiger partial charge in [0.15, 0.2) is 0 Å². The number of sulfonamides is 1. The van der Waals surface area contributed by atoms with E-state index in [1.165, 1.54) is 11.1 Å². The van der Waals surface area contributed by atoms with E-state index in [1.807, 2.05) is 97.2 Å². The molecule has 0 bridgehead atoms. The number of aromatic nitrogens is 1. The minimum Gasteiger partial charge on any atom is -0.346 e. The van der Waals surface area contributed by atoms with Crippen molar-refractivity contribution in [1.82, 2.24) is 8.87 Å². The van der Waals surface area contributed by atoms with E-state index < -0.39 is 10.0 Å². The molecule has 4 nitrogen and oxygen atoms in total. The lowest BCUT2D eigenvalue weighted by Crippen LogP contribution is -2.31. The maximum atomic E-state index is 14.1. The molecule has 0 spiro atoms. The van der Waals surface area contributed by atoms with Crippen molar-refractivity contribution in [2.75, 3.05) is 0 Å². The summed E-state index contributed by atoms with van der Waals surface area (Å²) in [6.07, 6.45) is 2.02. The van der Waals surface area contributed by atoms with Crippen LogP contribution in [0.3, 0.4) is 0 Å². The molecule has 0 radical (unpaired) electrons. The van der Waals surface area contributed by atoms with E-state index in [0.29, 0.717) is 18.0 Å². The van der Waals surface area contributed by atoms with Gasteiger partial charge in [-0.2, -0.15) is 4.31 Å². The van der Waals surface area contributed by atoms with Crippen molar-refractivity contribution in [3.63, 3.8) is 0 Å². The van der Waals surface area contributed by atoms with Crippen molar-refractivity contribution >= 4 is 20.8 Å². The molecular formula is C30H28N2O2S. The predicted molar refractivity (Wildman–Crippen MR) is 142 cm³/mol. The van der Waals surface area contributed by atoms with Crippen molar-refractivity contribution < 1.29 is 8.42 Å². The quantitative estimate of drug-likeness (QED) is 0.258. The number of rotatable bonds is 8. The highest BCUT2D eigenvalue weighted by molar-refractivity contribution is 7.89. The second kappa shape index (κ2) is 9.90. The van der Waals surface area contributed by atoms with Crippen LogP contribution in [0.25, 0.3) is 10.8 Å². The van der Waals surface area contributed by atoms with Crippen LogP contribution in [0.1, 0.15) is 22.4 Å². The standard InChI is InChI=1S/C30H28N2O2S/c1-24-11-5-6-15-27(24)22-31-20-10-17-28(31)23-32(21-25-12-3-2-4-13-25)35(33,34)30-19-9-16-26-14-7-8-18-29(26)30/h2-20H,21-23H2,1H3. The van der Waals surface area contributed by atoms with Crippen LogP contribution in [-0.2, 0) is 29.7 Å². The van der Waals surface area contributed by atoms with Gasteiger partial charge in [0.1, 0.15) is 0 Å². The average Bonchev–Trinajstić information content (AvgIpc) is 3.32. The van der Waals surface area contributed by atoms with Gasteiger partial charge in [-0.1, -0.05) is 91.0 Å². The second-order valence-corrected chi connectivity index (χ2v) is 10.7. The molecule has 1 heterocycles. The van der Waals surface area contributed by atoms with E-state index >= 15 is 0 Å². The Morgan fingerprint density at radius 2 is 1.43 bits per heavy atom. The van der Waals surface area contributed by atoms with Crippen molar-refractivity contribution in [3.05, 3.63) is 138 Å². The van der Waals surface area contributed by atoms with Crippen LogP contribution in [0.5, 0.6) is 0 Å². The normalized spacial score (nSPS) is 11.8. The Morgan fingerprint density at radius 3 is 2.26 bits per heavy atom. The van der Waals surface area contributed by atoms with E-state index in [0.717, 1.165) is 22.0 Å². The lowest BCUT2D eigenvalue weighted by atomic mass is 10.1. The molecule has 0 saturated heterocycles. The Morgan fingerprint density at radius 1 is 0.714 bits per heavy atom. The van der Waals surface area contributed by atoms with Gasteiger partial charge in [0.25, 0.3) is 0 Å². The van der Waals surface area contributed by atoms with Crippen LogP contribution < -0.4 is 0 Å². The van der Waals surface area contributed by atoms with Gasteiger partial charge in [-0.15, -0.1) is 0 Å². The molecule has 0 fully saturated rings. The number of aryl methyl sites for hydroxylation is 1. The second-order valence-electron chi connectivity index (χ2n) is 8.79. The van der Waals surface area contributed by atoms with Crippen LogP contribution in [-0.4, -0.2) is 17.3 Å². The summed E-state index contributed by atoms with van der Waals surface area (Å²) in [6, 6.07) is 35.2. The molecule has 0 aliphatic rings. The summed E-state index contributed by atoms with van der Waals surface area (Å²) in [6.45, 7) is 3.37. The van der Waals surface area contributed by atoms with Gasteiger partial charge >= 0.3 is 0 Å². The van der Waals surface area contributed by atoms with E-state index in [4.69, 9.17) is 0 Å². The van der Waals surface area contributed by atoms with Gasteiger partial charge < -0.3 is 4.57 Å². The Balaban J connectivity index is 1.54. The summed E-state index contributed by atoms with van der Waals surface area (Å²) >= 11 is 0. The topological polar surface area (TPSA) is 42.3 Å². The number of hydrogen-bond donors (Lipinski definition) is 0. The van der Waals surface area contributed by atoms with Gasteiger partial charge in [-0.25, -0.2) is 8.42 Å². The lowest BCUT2D eigenvalue weighted by Gasteiger charge is -2.24. The smallest absolute Gasteiger partial charge is 0.244 e. The van der Waals surface area contributed by atoms with Gasteiger partial charge in [-0.05, 0) is 47.2 Å². The molecule has 176 valence electrons. The molecule has 0 aliphatic carbocycles. The Hall–Kier alpha value is -3.67. The van der Waals surface area contributed by atoms with Gasteiger partial charge in [0, 0.05) is 30.4 Å². The van der Waals surface area contributed by atoms with Crippen molar-refractivity contribution in [2.45, 2.75) is 31.5 Å². The Kier molecular flexibility index (Phi) is 6.53. The molecule has 4 aromatic carbocycles. The van der Waals surface area contributed by atoms with Crippen molar-refractivity contribution in [3.8, 4) is 0 Å². The number of fused-ring (bicyclic) bond motifs is 1. The van der Waals surface area contributed by atoms with E-state index in [1.54, 1.807) is 10.4 Å². The minimum atomic E-state index is -3.78. The van der Waals surface area contributed by atoms with Crippen molar-refractivity contribution in [1.29, 1.82) is 0 Å². The molecule has 0 unspecified atom stereocenters. The number of benzene rings is 4. The van der Waals surface area contributed by atoms with Gasteiger partial charge in [-0.3, -0.25) is 0 Å². The molecule has 0 amide bonds. The molecule has 0 aliphatic heterocycles. The van der Waals surface area contributed by atoms with Crippen LogP contribution in [0, 0.1) is 6.92 Å². The average molecular weight is 481 g/mol. The maximum Gasteiger partial charge on any atom is 0.244 e. The van der Waals surface area contributed by atoms with Crippen LogP contribution >= 0.6 is 0 Å². The minimum absolute atomic E-state index is 0.277. The van der Waals surface area contributed by atoms with E-state index in [2.05, 4.69) is 23.6 Å². The fourth-order valence-corrected chi connectivity index (χ4v) is 6.09. The van der Waals surface area contributed by atoms with Crippen LogP contribution in [0.15, 0.2) is 120 Å². The van der Waals surface area contributed by atoms with Crippen molar-refractivity contribution in [2.24, 2.45) is 0 Å². The zero-order valence-corrected chi connectivity index (χ0v) is 20.5. The summed E-state index contributed by atoms with van der Waals surface area (Å²) in [4.78, 5) is 0.337. The third kappa shape index (κ3) is 4.92. The summed E-state index contributed by atoms with van der Waals surface area (Å²) < 4.78 is 32.0. The molecule has 35 heavy (non-hydrogen) atoms. The first kappa shape index (κ1) is 23.1.